The van der Waals surface area contributed by atoms with E-state index in [0.29, 0.717) is 12.8 Å². The number of nitrogens with zero attached hydrogens (tertiary/aromatic N) is 2. The van der Waals surface area contributed by atoms with Crippen LogP contribution in [0.4, 0.5) is 8.78 Å². The molecule has 1 saturated carbocycles. The molecule has 1 heterocycles. The number of alkyl halides is 2. The van der Waals surface area contributed by atoms with Crippen molar-refractivity contribution < 1.29 is 37.0 Å². The van der Waals surface area contributed by atoms with Crippen LogP contribution in [0.1, 0.15) is 83.6 Å². The van der Waals surface area contributed by atoms with Crippen LogP contribution >= 0.6 is 0 Å². The van der Waals surface area contributed by atoms with Crippen molar-refractivity contribution in [3.63, 3.8) is 0 Å². The quantitative estimate of drug-likeness (QED) is 0.160. The number of hydrogen-bond acceptors (Lipinski definition) is 7. The summed E-state index contributed by atoms with van der Waals surface area (Å²) < 4.78 is 55.4. The average molecular weight is 725 g/mol. The molecule has 0 aromatic heterocycles. The minimum atomic E-state index is -3.99. The number of terminal acetylenes is 1. The second kappa shape index (κ2) is 19.8. The van der Waals surface area contributed by atoms with Crippen LogP contribution in [-0.2, 0) is 26.0 Å². The summed E-state index contributed by atoms with van der Waals surface area (Å²) in [5, 5.41) is 27.6. The molecule has 13 heteroatoms. The van der Waals surface area contributed by atoms with Crippen molar-refractivity contribution in [1.82, 2.24) is 19.8 Å². The molecular formula is C37H58F2N4O6S. The van der Waals surface area contributed by atoms with Gasteiger partial charge in [-0.05, 0) is 36.7 Å². The lowest BCUT2D eigenvalue weighted by atomic mass is 9.82. The van der Waals surface area contributed by atoms with Gasteiger partial charge in [0.05, 0.1) is 23.8 Å². The Labute approximate surface area is 297 Å². The highest BCUT2D eigenvalue weighted by Crippen LogP contribution is 2.29. The first-order valence-electron chi connectivity index (χ1n) is 18.1. The maximum Gasteiger partial charge on any atom is 0.250 e. The zero-order valence-electron chi connectivity index (χ0n) is 29.9. The Balaban J connectivity index is 1.74. The maximum absolute atomic E-state index is 13.9. The van der Waals surface area contributed by atoms with Gasteiger partial charge in [0.25, 0.3) is 5.92 Å². The van der Waals surface area contributed by atoms with Crippen molar-refractivity contribution >= 4 is 21.8 Å². The Hall–Kier alpha value is -2.63. The SMILES string of the molecule is C#CC[C@H](NC(=O)[C@H](Cc1ccccc1)CS(=O)(=O)N(C)CCN1CCC(F)(F)CC1)C(=O)NC(CC1CCCCC1)[C@@H](O)[C@@H](O)CC(C)C. The zero-order valence-corrected chi connectivity index (χ0v) is 30.7. The number of piperidine rings is 1. The zero-order chi connectivity index (χ0) is 36.9. The predicted molar refractivity (Wildman–Crippen MR) is 191 cm³/mol. The first-order valence-corrected chi connectivity index (χ1v) is 19.7. The number of aliphatic hydroxyl groups is 2. The largest absolute Gasteiger partial charge is 0.390 e. The van der Waals surface area contributed by atoms with Crippen LogP contribution in [0.5, 0.6) is 0 Å². The van der Waals surface area contributed by atoms with Crippen molar-refractivity contribution in [2.45, 2.75) is 115 Å². The van der Waals surface area contributed by atoms with Gasteiger partial charge in [-0.25, -0.2) is 21.5 Å². The summed E-state index contributed by atoms with van der Waals surface area (Å²) in [5.74, 6) is -2.79. The second-order valence-electron chi connectivity index (χ2n) is 14.7. The normalized spacial score (nSPS) is 20.4. The van der Waals surface area contributed by atoms with Gasteiger partial charge >= 0.3 is 0 Å². The minimum Gasteiger partial charge on any atom is -0.390 e. The second-order valence-corrected chi connectivity index (χ2v) is 16.8. The number of carbonyl (C=O) groups is 2. The van der Waals surface area contributed by atoms with Crippen LogP contribution in [0, 0.1) is 30.1 Å². The summed E-state index contributed by atoms with van der Waals surface area (Å²) in [4.78, 5) is 29.4. The van der Waals surface area contributed by atoms with Crippen molar-refractivity contribution in [1.29, 1.82) is 0 Å². The molecule has 2 amide bonds. The van der Waals surface area contributed by atoms with E-state index in [-0.39, 0.29) is 63.7 Å². The van der Waals surface area contributed by atoms with Gasteiger partial charge in [0.1, 0.15) is 12.1 Å². The lowest BCUT2D eigenvalue weighted by Crippen LogP contribution is -2.56. The molecule has 0 radical (unpaired) electrons. The third-order valence-electron chi connectivity index (χ3n) is 10.0. The molecular weight excluding hydrogens is 666 g/mol. The van der Waals surface area contributed by atoms with Gasteiger partial charge in [0, 0.05) is 52.5 Å². The number of hydrogen-bond donors (Lipinski definition) is 4. The number of benzene rings is 1. The summed E-state index contributed by atoms with van der Waals surface area (Å²) >= 11 is 0. The van der Waals surface area contributed by atoms with Crippen LogP contribution in [0.2, 0.25) is 0 Å². The molecule has 3 rings (SSSR count). The van der Waals surface area contributed by atoms with Crippen molar-refractivity contribution in [3.05, 3.63) is 35.9 Å². The molecule has 1 aliphatic carbocycles. The Kier molecular flexibility index (Phi) is 16.6. The van der Waals surface area contributed by atoms with Crippen LogP contribution in [0.15, 0.2) is 30.3 Å². The van der Waals surface area contributed by atoms with E-state index in [1.807, 2.05) is 19.9 Å². The summed E-state index contributed by atoms with van der Waals surface area (Å²) in [6, 6.07) is 6.98. The van der Waals surface area contributed by atoms with Gasteiger partial charge < -0.3 is 25.7 Å². The van der Waals surface area contributed by atoms with Gasteiger partial charge in [-0.3, -0.25) is 9.59 Å². The number of rotatable bonds is 19. The number of amides is 2. The molecule has 1 aromatic carbocycles. The highest BCUT2D eigenvalue weighted by molar-refractivity contribution is 7.89. The van der Waals surface area contributed by atoms with E-state index in [4.69, 9.17) is 6.42 Å². The molecule has 0 spiro atoms. The van der Waals surface area contributed by atoms with Gasteiger partial charge in [-0.15, -0.1) is 12.3 Å². The first kappa shape index (κ1) is 41.8. The predicted octanol–water partition coefficient (Wildman–Crippen LogP) is 3.57. The highest BCUT2D eigenvalue weighted by atomic mass is 32.2. The molecule has 5 atom stereocenters. The monoisotopic (exact) mass is 724 g/mol. The number of likely N-dealkylation sites (tertiary alicyclic amines) is 1. The Bertz CT molecular complexity index is 1340. The number of carbonyl (C=O) groups excluding carboxylic acids is 2. The summed E-state index contributed by atoms with van der Waals surface area (Å²) in [7, 11) is -2.58. The number of sulfonamides is 1. The third-order valence-corrected chi connectivity index (χ3v) is 12.0. The molecule has 4 N–H and O–H groups in total. The van der Waals surface area contributed by atoms with E-state index in [1.165, 1.54) is 7.05 Å². The van der Waals surface area contributed by atoms with Crippen molar-refractivity contribution in [2.24, 2.45) is 17.8 Å². The lowest BCUT2D eigenvalue weighted by molar-refractivity contribution is -0.132. The molecule has 0 bridgehead atoms. The van der Waals surface area contributed by atoms with Crippen molar-refractivity contribution in [2.75, 3.05) is 39.0 Å². The molecule has 2 fully saturated rings. The molecule has 2 aliphatic rings. The van der Waals surface area contributed by atoms with Gasteiger partial charge in [0.2, 0.25) is 21.8 Å². The van der Waals surface area contributed by atoms with Crippen LogP contribution in [0.25, 0.3) is 0 Å². The minimum absolute atomic E-state index is 0.0725. The molecule has 50 heavy (non-hydrogen) atoms. The molecule has 1 aliphatic heterocycles. The molecule has 1 unspecified atom stereocenters. The molecule has 10 nitrogen and oxygen atoms in total. The summed E-state index contributed by atoms with van der Waals surface area (Å²) in [6.45, 7) is 4.58. The van der Waals surface area contributed by atoms with Gasteiger partial charge in [-0.2, -0.15) is 0 Å². The number of nitrogens with one attached hydrogen (secondary N) is 2. The number of halogens is 2. The Morgan fingerprint density at radius 1 is 1.06 bits per heavy atom. The smallest absolute Gasteiger partial charge is 0.250 e. The fraction of sp³-hybridized carbons (Fsp3) is 0.730. The fourth-order valence-corrected chi connectivity index (χ4v) is 8.28. The van der Waals surface area contributed by atoms with Crippen LogP contribution in [-0.4, -0.2) is 109 Å². The van der Waals surface area contributed by atoms with Gasteiger partial charge in [0.15, 0.2) is 0 Å². The van der Waals surface area contributed by atoms with Crippen LogP contribution < -0.4 is 10.6 Å². The lowest BCUT2D eigenvalue weighted by Gasteiger charge is -2.33. The summed E-state index contributed by atoms with van der Waals surface area (Å²) in [6.07, 6.45) is 8.70. The Morgan fingerprint density at radius 2 is 1.70 bits per heavy atom. The highest BCUT2D eigenvalue weighted by Gasteiger charge is 2.36. The van der Waals surface area contributed by atoms with Crippen LogP contribution in [0.3, 0.4) is 0 Å². The fourth-order valence-electron chi connectivity index (χ4n) is 6.89. The van der Waals surface area contributed by atoms with Gasteiger partial charge in [-0.1, -0.05) is 76.3 Å². The molecule has 1 aromatic rings. The van der Waals surface area contributed by atoms with E-state index >= 15 is 0 Å². The average Bonchev–Trinajstić information content (AvgIpc) is 3.07. The van der Waals surface area contributed by atoms with E-state index in [2.05, 4.69) is 16.6 Å². The number of aliphatic hydroxyl groups excluding tert-OH is 2. The van der Waals surface area contributed by atoms with E-state index in [1.54, 1.807) is 29.2 Å². The summed E-state index contributed by atoms with van der Waals surface area (Å²) in [5.41, 5.74) is 0.729. The maximum atomic E-state index is 13.9. The van der Waals surface area contributed by atoms with E-state index in [0.717, 1.165) is 42.0 Å². The van der Waals surface area contributed by atoms with E-state index < -0.39 is 63.7 Å². The third kappa shape index (κ3) is 13.8. The topological polar surface area (TPSA) is 139 Å². The Morgan fingerprint density at radius 3 is 2.30 bits per heavy atom. The first-order chi connectivity index (χ1) is 23.6. The standard InChI is InChI=1S/C37H58F2N4O6S/c1-5-12-31(36(47)41-32(25-29-15-10-7-11-16-29)34(45)33(44)23-27(2)3)40-35(46)30(24-28-13-8-6-9-14-28)26-50(48,49)42(4)21-22-43-19-17-37(38,39)18-20-43/h1,6,8-9,13-14,27,29-34,44-45H,7,10-12,15-26H2,2-4H3,(H,40,46)(H,41,47)/t30-,31+,32?,33+,34-/m1/s1. The van der Waals surface area contributed by atoms with Crippen molar-refractivity contribution in [3.8, 4) is 12.3 Å². The molecule has 1 saturated heterocycles. The van der Waals surface area contributed by atoms with E-state index in [9.17, 15) is 37.0 Å². The number of likely N-dealkylation sites (N-methyl/N-ethyl adjacent to an activating group) is 1. The molecule has 282 valence electrons.